The molecule has 94 valence electrons. The van der Waals surface area contributed by atoms with E-state index in [1.165, 1.54) is 6.07 Å². The smallest absolute Gasteiger partial charge is 0.337 e. The van der Waals surface area contributed by atoms with Gasteiger partial charge in [-0.15, -0.1) is 0 Å². The van der Waals surface area contributed by atoms with Crippen LogP contribution in [0.3, 0.4) is 0 Å². The van der Waals surface area contributed by atoms with Crippen LogP contribution in [0.2, 0.25) is 5.02 Å². The van der Waals surface area contributed by atoms with Crippen molar-refractivity contribution < 1.29 is 9.90 Å². The molecule has 1 rings (SSSR count). The van der Waals surface area contributed by atoms with E-state index in [1.54, 1.807) is 12.1 Å². The molecule has 17 heavy (non-hydrogen) atoms. The molecule has 2 N–H and O–H groups in total. The molecule has 0 heterocycles. The Bertz CT molecular complexity index is 406. The minimum absolute atomic E-state index is 0.215. The van der Waals surface area contributed by atoms with Gasteiger partial charge in [0.2, 0.25) is 0 Å². The minimum Gasteiger partial charge on any atom is -0.478 e. The van der Waals surface area contributed by atoms with E-state index in [-0.39, 0.29) is 11.6 Å². The van der Waals surface area contributed by atoms with Crippen LogP contribution in [-0.4, -0.2) is 17.1 Å². The van der Waals surface area contributed by atoms with E-state index in [0.717, 1.165) is 6.42 Å². The number of carbonyl (C=O) groups is 1. The van der Waals surface area contributed by atoms with E-state index in [1.807, 2.05) is 0 Å². The number of benzene rings is 1. The molecule has 1 aromatic rings. The third-order valence-corrected chi connectivity index (χ3v) is 3.33. The fourth-order valence-electron chi connectivity index (χ4n) is 1.56. The number of carboxylic acid groups (broad SMARTS) is 1. The lowest BCUT2D eigenvalue weighted by molar-refractivity contribution is 0.0698. The Balaban J connectivity index is 2.94. The Morgan fingerprint density at radius 2 is 2.12 bits per heavy atom. The van der Waals surface area contributed by atoms with Gasteiger partial charge in [-0.2, -0.15) is 0 Å². The van der Waals surface area contributed by atoms with Crippen molar-refractivity contribution in [1.82, 2.24) is 0 Å². The van der Waals surface area contributed by atoms with Crippen LogP contribution in [0, 0.1) is 5.92 Å². The van der Waals surface area contributed by atoms with Gasteiger partial charge in [-0.05, 0) is 31.0 Å². The zero-order valence-corrected chi connectivity index (χ0v) is 11.1. The minimum atomic E-state index is -0.966. The highest BCUT2D eigenvalue weighted by Gasteiger charge is 2.15. The SMILES string of the molecule is CCC(C)C(C)Nc1ccc(Cl)cc1C(=O)O. The molecular formula is C13H18ClNO2. The average Bonchev–Trinajstić information content (AvgIpc) is 2.29. The summed E-state index contributed by atoms with van der Waals surface area (Å²) in [6, 6.07) is 5.10. The predicted molar refractivity (Wildman–Crippen MR) is 71.0 cm³/mol. The van der Waals surface area contributed by atoms with Crippen molar-refractivity contribution >= 4 is 23.3 Å². The van der Waals surface area contributed by atoms with E-state index < -0.39 is 5.97 Å². The van der Waals surface area contributed by atoms with Gasteiger partial charge in [-0.1, -0.05) is 31.9 Å². The summed E-state index contributed by atoms with van der Waals surface area (Å²) in [4.78, 5) is 11.1. The van der Waals surface area contributed by atoms with Crippen LogP contribution >= 0.6 is 11.6 Å². The summed E-state index contributed by atoms with van der Waals surface area (Å²) in [6.45, 7) is 6.30. The van der Waals surface area contributed by atoms with Crippen LogP contribution in [0.25, 0.3) is 0 Å². The second-order valence-corrected chi connectivity index (χ2v) is 4.75. The van der Waals surface area contributed by atoms with E-state index in [0.29, 0.717) is 16.6 Å². The van der Waals surface area contributed by atoms with Crippen molar-refractivity contribution in [2.24, 2.45) is 5.92 Å². The maximum Gasteiger partial charge on any atom is 0.337 e. The monoisotopic (exact) mass is 255 g/mol. The average molecular weight is 256 g/mol. The maximum atomic E-state index is 11.1. The first kappa shape index (κ1) is 13.8. The molecule has 0 bridgehead atoms. The Morgan fingerprint density at radius 3 is 2.65 bits per heavy atom. The van der Waals surface area contributed by atoms with E-state index in [9.17, 15) is 4.79 Å². The normalized spacial score (nSPS) is 14.1. The van der Waals surface area contributed by atoms with Crippen molar-refractivity contribution in [2.75, 3.05) is 5.32 Å². The summed E-state index contributed by atoms with van der Waals surface area (Å²) in [5.41, 5.74) is 0.836. The summed E-state index contributed by atoms with van der Waals surface area (Å²) in [6.07, 6.45) is 1.05. The number of hydrogen-bond acceptors (Lipinski definition) is 2. The number of nitrogens with one attached hydrogen (secondary N) is 1. The zero-order valence-electron chi connectivity index (χ0n) is 10.3. The summed E-state index contributed by atoms with van der Waals surface area (Å²) < 4.78 is 0. The molecule has 2 atom stereocenters. The molecule has 3 nitrogen and oxygen atoms in total. The molecule has 2 unspecified atom stereocenters. The highest BCUT2D eigenvalue weighted by Crippen LogP contribution is 2.23. The van der Waals surface area contributed by atoms with Gasteiger partial charge in [0, 0.05) is 16.8 Å². The van der Waals surface area contributed by atoms with Crippen molar-refractivity contribution in [3.8, 4) is 0 Å². The molecular weight excluding hydrogens is 238 g/mol. The highest BCUT2D eigenvalue weighted by molar-refractivity contribution is 6.31. The van der Waals surface area contributed by atoms with Gasteiger partial charge in [0.25, 0.3) is 0 Å². The van der Waals surface area contributed by atoms with Gasteiger partial charge in [0.15, 0.2) is 0 Å². The summed E-state index contributed by atoms with van der Waals surface area (Å²) >= 11 is 5.80. The first-order valence-corrected chi connectivity index (χ1v) is 6.12. The Hall–Kier alpha value is -1.22. The maximum absolute atomic E-state index is 11.1. The van der Waals surface area contributed by atoms with Crippen molar-refractivity contribution in [3.63, 3.8) is 0 Å². The number of anilines is 1. The van der Waals surface area contributed by atoms with Crippen LogP contribution in [0.4, 0.5) is 5.69 Å². The molecule has 0 saturated carbocycles. The number of aromatic carboxylic acids is 1. The lowest BCUT2D eigenvalue weighted by Gasteiger charge is -2.22. The van der Waals surface area contributed by atoms with Gasteiger partial charge in [-0.3, -0.25) is 0 Å². The molecule has 0 saturated heterocycles. The lowest BCUT2D eigenvalue weighted by atomic mass is 10.00. The highest BCUT2D eigenvalue weighted by atomic mass is 35.5. The summed E-state index contributed by atoms with van der Waals surface area (Å²) in [5, 5.41) is 12.8. The van der Waals surface area contributed by atoms with E-state index >= 15 is 0 Å². The summed E-state index contributed by atoms with van der Waals surface area (Å²) in [5.74, 6) is -0.487. The Morgan fingerprint density at radius 1 is 1.47 bits per heavy atom. The quantitative estimate of drug-likeness (QED) is 0.839. The van der Waals surface area contributed by atoms with E-state index in [2.05, 4.69) is 26.1 Å². The molecule has 4 heteroatoms. The molecule has 0 aromatic heterocycles. The van der Waals surface area contributed by atoms with Crippen molar-refractivity contribution in [1.29, 1.82) is 0 Å². The van der Waals surface area contributed by atoms with Gasteiger partial charge < -0.3 is 10.4 Å². The van der Waals surface area contributed by atoms with Gasteiger partial charge >= 0.3 is 5.97 Å². The molecule has 0 amide bonds. The van der Waals surface area contributed by atoms with Crippen molar-refractivity contribution in [2.45, 2.75) is 33.2 Å². The standard InChI is InChI=1S/C13H18ClNO2/c1-4-8(2)9(3)15-12-6-5-10(14)7-11(12)13(16)17/h5-9,15H,4H2,1-3H3,(H,16,17). The van der Waals surface area contributed by atoms with Crippen LogP contribution < -0.4 is 5.32 Å². The first-order valence-electron chi connectivity index (χ1n) is 5.75. The van der Waals surface area contributed by atoms with Gasteiger partial charge in [0.1, 0.15) is 0 Å². The third kappa shape index (κ3) is 3.63. The fraction of sp³-hybridized carbons (Fsp3) is 0.462. The van der Waals surface area contributed by atoms with Gasteiger partial charge in [-0.25, -0.2) is 4.79 Å². The molecule has 0 aliphatic carbocycles. The molecule has 0 fully saturated rings. The largest absolute Gasteiger partial charge is 0.478 e. The molecule has 0 spiro atoms. The molecule has 0 radical (unpaired) electrons. The molecule has 1 aromatic carbocycles. The third-order valence-electron chi connectivity index (χ3n) is 3.09. The van der Waals surface area contributed by atoms with Crippen LogP contribution in [0.5, 0.6) is 0 Å². The molecule has 0 aliphatic rings. The molecule has 0 aliphatic heterocycles. The topological polar surface area (TPSA) is 49.3 Å². The second-order valence-electron chi connectivity index (χ2n) is 4.31. The predicted octanol–water partition coefficient (Wildman–Crippen LogP) is 3.88. The second kappa shape index (κ2) is 5.92. The van der Waals surface area contributed by atoms with Gasteiger partial charge in [0.05, 0.1) is 5.56 Å². The fourth-order valence-corrected chi connectivity index (χ4v) is 1.73. The number of halogens is 1. The summed E-state index contributed by atoms with van der Waals surface area (Å²) in [7, 11) is 0. The number of carboxylic acids is 1. The Labute approximate surface area is 107 Å². The van der Waals surface area contributed by atoms with Crippen LogP contribution in [0.15, 0.2) is 18.2 Å². The number of hydrogen-bond donors (Lipinski definition) is 2. The number of rotatable bonds is 5. The Kier molecular flexibility index (Phi) is 4.82. The first-order chi connectivity index (χ1) is 7.95. The van der Waals surface area contributed by atoms with Crippen LogP contribution in [-0.2, 0) is 0 Å². The van der Waals surface area contributed by atoms with Crippen molar-refractivity contribution in [3.05, 3.63) is 28.8 Å². The van der Waals surface area contributed by atoms with Crippen LogP contribution in [0.1, 0.15) is 37.6 Å². The van der Waals surface area contributed by atoms with E-state index in [4.69, 9.17) is 16.7 Å². The zero-order chi connectivity index (χ0) is 13.0. The lowest BCUT2D eigenvalue weighted by Crippen LogP contribution is -2.24.